The number of amides is 1. The third-order valence-corrected chi connectivity index (χ3v) is 5.93. The topological polar surface area (TPSA) is 84.9 Å². The molecular formula is C19H23FN2O5S. The molecule has 2 aromatic rings. The number of benzene rings is 2. The van der Waals surface area contributed by atoms with Crippen molar-refractivity contribution < 1.29 is 27.1 Å². The van der Waals surface area contributed by atoms with Crippen molar-refractivity contribution in [3.63, 3.8) is 0 Å². The Balaban J connectivity index is 2.44. The van der Waals surface area contributed by atoms with Crippen LogP contribution in [0, 0.1) is 5.82 Å². The number of methoxy groups -OCH3 is 1. The Bertz CT molecular complexity index is 912. The average Bonchev–Trinajstić information content (AvgIpc) is 2.65. The fourth-order valence-electron chi connectivity index (χ4n) is 2.52. The molecule has 1 N–H and O–H groups in total. The molecule has 0 radical (unpaired) electrons. The number of sulfonamides is 1. The molecule has 152 valence electrons. The van der Waals surface area contributed by atoms with Crippen LogP contribution in [0.2, 0.25) is 0 Å². The van der Waals surface area contributed by atoms with Crippen LogP contribution >= 0.6 is 0 Å². The van der Waals surface area contributed by atoms with Crippen molar-refractivity contribution in [3.8, 4) is 11.5 Å². The summed E-state index contributed by atoms with van der Waals surface area (Å²) >= 11 is 0. The summed E-state index contributed by atoms with van der Waals surface area (Å²) in [6.45, 7) is 3.92. The van der Waals surface area contributed by atoms with Gasteiger partial charge in [0.15, 0.2) is 5.75 Å². The minimum Gasteiger partial charge on any atom is -0.455 e. The van der Waals surface area contributed by atoms with Crippen molar-refractivity contribution >= 4 is 21.6 Å². The summed E-state index contributed by atoms with van der Waals surface area (Å²) in [5, 5.41) is 2.58. The molecule has 0 unspecified atom stereocenters. The van der Waals surface area contributed by atoms with Crippen LogP contribution < -0.4 is 10.1 Å². The van der Waals surface area contributed by atoms with Crippen molar-refractivity contribution in [3.05, 3.63) is 48.3 Å². The van der Waals surface area contributed by atoms with Gasteiger partial charge < -0.3 is 14.8 Å². The van der Waals surface area contributed by atoms with Gasteiger partial charge in [0.1, 0.15) is 18.2 Å². The van der Waals surface area contributed by atoms with Gasteiger partial charge in [0, 0.05) is 20.2 Å². The first-order valence-electron chi connectivity index (χ1n) is 8.68. The van der Waals surface area contributed by atoms with Crippen LogP contribution in [0.3, 0.4) is 0 Å². The first-order valence-corrected chi connectivity index (χ1v) is 10.1. The molecule has 2 aromatic carbocycles. The molecule has 0 fully saturated rings. The highest BCUT2D eigenvalue weighted by Crippen LogP contribution is 2.33. The van der Waals surface area contributed by atoms with Gasteiger partial charge in [0.05, 0.1) is 10.6 Å². The maximum atomic E-state index is 13.1. The third-order valence-electron chi connectivity index (χ3n) is 3.89. The number of nitrogens with zero attached hydrogens (tertiary/aromatic N) is 1. The lowest BCUT2D eigenvalue weighted by atomic mass is 10.2. The van der Waals surface area contributed by atoms with E-state index in [2.05, 4.69) is 5.32 Å². The summed E-state index contributed by atoms with van der Waals surface area (Å²) in [5.74, 6) is -0.331. The fraction of sp³-hybridized carbons (Fsp3) is 0.316. The lowest BCUT2D eigenvalue weighted by molar-refractivity contribution is -0.119. The van der Waals surface area contributed by atoms with E-state index in [0.29, 0.717) is 18.8 Å². The van der Waals surface area contributed by atoms with Crippen molar-refractivity contribution in [2.45, 2.75) is 18.7 Å². The number of halogens is 1. The van der Waals surface area contributed by atoms with Crippen molar-refractivity contribution in [1.82, 2.24) is 4.31 Å². The smallest absolute Gasteiger partial charge is 0.250 e. The number of anilines is 1. The predicted molar refractivity (Wildman–Crippen MR) is 104 cm³/mol. The minimum absolute atomic E-state index is 0.0235. The monoisotopic (exact) mass is 410 g/mol. The van der Waals surface area contributed by atoms with Gasteiger partial charge in [0.2, 0.25) is 15.9 Å². The second-order valence-electron chi connectivity index (χ2n) is 5.78. The minimum atomic E-state index is -3.72. The predicted octanol–water partition coefficient (Wildman–Crippen LogP) is 3.23. The molecule has 0 bridgehead atoms. The molecular weight excluding hydrogens is 387 g/mol. The Hall–Kier alpha value is -2.49. The molecule has 0 aromatic heterocycles. The van der Waals surface area contributed by atoms with Gasteiger partial charge in [-0.15, -0.1) is 0 Å². The highest BCUT2D eigenvalue weighted by Gasteiger charge is 2.23. The molecule has 7 nitrogen and oxygen atoms in total. The summed E-state index contributed by atoms with van der Waals surface area (Å²) in [7, 11) is -2.35. The van der Waals surface area contributed by atoms with E-state index in [0.717, 1.165) is 0 Å². The first-order chi connectivity index (χ1) is 13.3. The van der Waals surface area contributed by atoms with Crippen LogP contribution in [0.4, 0.5) is 10.1 Å². The Labute approximate surface area is 164 Å². The van der Waals surface area contributed by atoms with E-state index in [9.17, 15) is 17.6 Å². The number of hydrogen-bond acceptors (Lipinski definition) is 5. The third kappa shape index (κ3) is 5.28. The van der Waals surface area contributed by atoms with Crippen LogP contribution in [0.25, 0.3) is 0 Å². The van der Waals surface area contributed by atoms with Crippen molar-refractivity contribution in [1.29, 1.82) is 0 Å². The summed E-state index contributed by atoms with van der Waals surface area (Å²) in [6.07, 6.45) is 0. The average molecular weight is 410 g/mol. The molecule has 2 rings (SSSR count). The zero-order valence-corrected chi connectivity index (χ0v) is 16.8. The highest BCUT2D eigenvalue weighted by molar-refractivity contribution is 7.89. The van der Waals surface area contributed by atoms with Crippen LogP contribution in [0.15, 0.2) is 47.4 Å². The van der Waals surface area contributed by atoms with E-state index in [1.165, 1.54) is 53.9 Å². The zero-order valence-electron chi connectivity index (χ0n) is 15.9. The van der Waals surface area contributed by atoms with Gasteiger partial charge in [0.25, 0.3) is 0 Å². The van der Waals surface area contributed by atoms with E-state index < -0.39 is 21.7 Å². The van der Waals surface area contributed by atoms with Gasteiger partial charge in [-0.1, -0.05) is 13.8 Å². The molecule has 9 heteroatoms. The van der Waals surface area contributed by atoms with E-state index in [4.69, 9.17) is 9.47 Å². The summed E-state index contributed by atoms with van der Waals surface area (Å²) in [5.41, 5.74) is 0.166. The summed E-state index contributed by atoms with van der Waals surface area (Å²) < 4.78 is 50.4. The number of rotatable bonds is 9. The zero-order chi connectivity index (χ0) is 20.7. The number of nitrogens with one attached hydrogen (secondary N) is 1. The van der Waals surface area contributed by atoms with E-state index in [-0.39, 0.29) is 22.9 Å². The van der Waals surface area contributed by atoms with E-state index in [1.807, 2.05) is 0 Å². The number of carbonyl (C=O) groups excluding carboxylic acids is 1. The number of ether oxygens (including phenoxy) is 2. The molecule has 0 heterocycles. The molecule has 0 aliphatic rings. The first kappa shape index (κ1) is 21.8. The Morgan fingerprint density at radius 1 is 1.11 bits per heavy atom. The molecule has 1 amide bonds. The van der Waals surface area contributed by atoms with Crippen LogP contribution in [-0.4, -0.2) is 45.4 Å². The fourth-order valence-corrected chi connectivity index (χ4v) is 4.00. The van der Waals surface area contributed by atoms with Gasteiger partial charge >= 0.3 is 0 Å². The molecule has 0 aliphatic heterocycles. The highest BCUT2D eigenvalue weighted by atomic mass is 32.2. The van der Waals surface area contributed by atoms with E-state index in [1.54, 1.807) is 13.8 Å². The summed E-state index contributed by atoms with van der Waals surface area (Å²) in [6, 6.07) is 9.50. The largest absolute Gasteiger partial charge is 0.455 e. The lowest BCUT2D eigenvalue weighted by Crippen LogP contribution is -2.30. The maximum Gasteiger partial charge on any atom is 0.250 e. The molecule has 0 atom stereocenters. The molecule has 28 heavy (non-hydrogen) atoms. The molecule has 0 aliphatic carbocycles. The van der Waals surface area contributed by atoms with Crippen molar-refractivity contribution in [2.24, 2.45) is 0 Å². The van der Waals surface area contributed by atoms with Gasteiger partial charge in [-0.3, -0.25) is 4.79 Å². The maximum absolute atomic E-state index is 13.1. The Morgan fingerprint density at radius 2 is 1.75 bits per heavy atom. The summed E-state index contributed by atoms with van der Waals surface area (Å²) in [4.78, 5) is 12.0. The molecule has 0 saturated heterocycles. The number of carbonyl (C=O) groups is 1. The molecule has 0 saturated carbocycles. The second kappa shape index (κ2) is 9.63. The van der Waals surface area contributed by atoms with Gasteiger partial charge in [-0.25, -0.2) is 12.8 Å². The lowest BCUT2D eigenvalue weighted by Gasteiger charge is -2.20. The van der Waals surface area contributed by atoms with Gasteiger partial charge in [-0.2, -0.15) is 4.31 Å². The SMILES string of the molecule is CCN(CC)S(=O)(=O)c1ccc(Oc2ccc(F)cc2)c(NC(=O)COC)c1. The Kier molecular flexibility index (Phi) is 7.50. The molecule has 0 spiro atoms. The van der Waals surface area contributed by atoms with Crippen LogP contribution in [0.5, 0.6) is 11.5 Å². The van der Waals surface area contributed by atoms with Gasteiger partial charge in [-0.05, 0) is 42.5 Å². The quantitative estimate of drug-likeness (QED) is 0.686. The van der Waals surface area contributed by atoms with E-state index >= 15 is 0 Å². The second-order valence-corrected chi connectivity index (χ2v) is 7.72. The van der Waals surface area contributed by atoms with Crippen LogP contribution in [-0.2, 0) is 19.6 Å². The Morgan fingerprint density at radius 3 is 2.32 bits per heavy atom. The normalized spacial score (nSPS) is 11.5. The number of hydrogen-bond donors (Lipinski definition) is 1. The van der Waals surface area contributed by atoms with Crippen molar-refractivity contribution in [2.75, 3.05) is 32.1 Å². The van der Waals surface area contributed by atoms with Crippen LogP contribution in [0.1, 0.15) is 13.8 Å². The standard InChI is InChI=1S/C19H23FN2O5S/c1-4-22(5-2)28(24,25)16-10-11-18(17(12-16)21-19(23)13-26-3)27-15-8-6-14(20)7-9-15/h6-12H,4-5,13H2,1-3H3,(H,21,23).